The molecule has 1 amide bonds. The van der Waals surface area contributed by atoms with Crippen LogP contribution in [0.4, 0.5) is 0 Å². The summed E-state index contributed by atoms with van der Waals surface area (Å²) >= 11 is 0. The number of hydrogen-bond donors (Lipinski definition) is 0. The number of nitrogens with zero attached hydrogens (tertiary/aromatic N) is 4. The highest BCUT2D eigenvalue weighted by atomic mass is 16.2. The van der Waals surface area contributed by atoms with Crippen molar-refractivity contribution >= 4 is 16.8 Å². The van der Waals surface area contributed by atoms with Crippen LogP contribution in [-0.4, -0.2) is 25.6 Å². The fraction of sp³-hybridized carbons (Fsp3) is 0.174. The maximum absolute atomic E-state index is 12.8. The van der Waals surface area contributed by atoms with Crippen LogP contribution in [0.5, 0.6) is 0 Å². The fourth-order valence-corrected chi connectivity index (χ4v) is 3.65. The Morgan fingerprint density at radius 1 is 1.14 bits per heavy atom. The number of pyridine rings is 1. The normalized spacial score (nSPS) is 16.2. The van der Waals surface area contributed by atoms with Crippen molar-refractivity contribution in [2.45, 2.75) is 20.0 Å². The van der Waals surface area contributed by atoms with Gasteiger partial charge in [-0.1, -0.05) is 24.3 Å². The Morgan fingerprint density at radius 3 is 2.79 bits per heavy atom. The summed E-state index contributed by atoms with van der Waals surface area (Å²) in [4.78, 5) is 18.2. The van der Waals surface area contributed by atoms with Gasteiger partial charge in [0.1, 0.15) is 0 Å². The molecule has 5 heteroatoms. The summed E-state index contributed by atoms with van der Waals surface area (Å²) in [5.74, 6) is -0.325. The van der Waals surface area contributed by atoms with Gasteiger partial charge < -0.3 is 4.90 Å². The van der Waals surface area contributed by atoms with Gasteiger partial charge in [0.05, 0.1) is 26.0 Å². The van der Waals surface area contributed by atoms with Gasteiger partial charge in [0.25, 0.3) is 5.91 Å². The van der Waals surface area contributed by atoms with Gasteiger partial charge in [-0.15, -0.1) is 0 Å². The maximum Gasteiger partial charge on any atom is 0.256 e. The van der Waals surface area contributed by atoms with E-state index < -0.39 is 6.50 Å². The second kappa shape index (κ2) is 6.30. The zero-order valence-corrected chi connectivity index (χ0v) is 15.7. The van der Waals surface area contributed by atoms with Gasteiger partial charge in [-0.25, -0.2) is 0 Å². The Kier molecular flexibility index (Phi) is 3.28. The topological polar surface area (TPSA) is 51.0 Å². The van der Waals surface area contributed by atoms with E-state index in [9.17, 15) is 4.79 Å². The molecule has 0 radical (unpaired) electrons. The molecule has 0 atom stereocenters. The Bertz CT molecular complexity index is 1310. The summed E-state index contributed by atoms with van der Waals surface area (Å²) in [6.45, 7) is 0.253. The first kappa shape index (κ1) is 14.6. The van der Waals surface area contributed by atoms with E-state index in [2.05, 4.69) is 28.3 Å². The quantitative estimate of drug-likeness (QED) is 0.546. The van der Waals surface area contributed by atoms with Crippen LogP contribution in [0.1, 0.15) is 29.9 Å². The van der Waals surface area contributed by atoms with Crippen molar-refractivity contribution < 1.29 is 7.54 Å². The monoisotopic (exact) mass is 370 g/mol. The molecule has 4 aromatic rings. The maximum atomic E-state index is 12.8. The molecule has 0 unspecified atom stereocenters. The molecule has 0 bridgehead atoms. The van der Waals surface area contributed by atoms with E-state index in [-0.39, 0.29) is 18.1 Å². The lowest BCUT2D eigenvalue weighted by atomic mass is 9.99. The van der Waals surface area contributed by atoms with Gasteiger partial charge in [-0.05, 0) is 53.4 Å². The zero-order valence-electron chi connectivity index (χ0n) is 17.7. The largest absolute Gasteiger partial charge is 0.328 e. The number of carbonyl (C=O) groups excluding carboxylic acids is 1. The van der Waals surface area contributed by atoms with Crippen LogP contribution in [-0.2, 0) is 20.1 Å². The molecule has 2 aromatic heterocycles. The highest BCUT2D eigenvalue weighted by Gasteiger charge is 2.28. The summed E-state index contributed by atoms with van der Waals surface area (Å²) in [6, 6.07) is 15.5. The third kappa shape index (κ3) is 2.76. The third-order valence-corrected chi connectivity index (χ3v) is 5.15. The number of rotatable bonds is 3. The Balaban J connectivity index is 1.46. The van der Waals surface area contributed by atoms with Crippen molar-refractivity contribution in [2.75, 3.05) is 0 Å². The van der Waals surface area contributed by atoms with Crippen LogP contribution in [0.2, 0.25) is 0 Å². The van der Waals surface area contributed by atoms with Crippen LogP contribution in [0.25, 0.3) is 22.0 Å². The van der Waals surface area contributed by atoms with Gasteiger partial charge in [-0.2, -0.15) is 5.10 Å². The molecular weight excluding hydrogens is 348 g/mol. The smallest absolute Gasteiger partial charge is 0.256 e. The summed E-state index contributed by atoms with van der Waals surface area (Å²) in [5, 5.41) is 5.49. The molecule has 28 heavy (non-hydrogen) atoms. The number of benzene rings is 2. The molecule has 1 aliphatic rings. The fourth-order valence-electron chi connectivity index (χ4n) is 3.65. The Morgan fingerprint density at radius 2 is 1.96 bits per heavy atom. The average molecular weight is 370 g/mol. The highest BCUT2D eigenvalue weighted by molar-refractivity contribution is 5.97. The second-order valence-corrected chi connectivity index (χ2v) is 7.12. The summed E-state index contributed by atoms with van der Waals surface area (Å²) in [7, 11) is 1.91. The second-order valence-electron chi connectivity index (χ2n) is 7.12. The van der Waals surface area contributed by atoms with E-state index in [1.54, 1.807) is 16.8 Å². The number of aromatic nitrogens is 3. The highest BCUT2D eigenvalue weighted by Crippen LogP contribution is 2.28. The van der Waals surface area contributed by atoms with Crippen LogP contribution in [0, 0.1) is 6.92 Å². The molecule has 1 aliphatic heterocycles. The molecule has 0 spiro atoms. The lowest BCUT2D eigenvalue weighted by Gasteiger charge is -2.17. The summed E-state index contributed by atoms with van der Waals surface area (Å²) in [5.41, 5.74) is 5.56. The number of fused-ring (bicyclic) bond motifs is 2. The minimum Gasteiger partial charge on any atom is -0.328 e. The van der Waals surface area contributed by atoms with Crippen molar-refractivity contribution in [3.05, 3.63) is 83.3 Å². The van der Waals surface area contributed by atoms with Gasteiger partial charge >= 0.3 is 0 Å². The van der Waals surface area contributed by atoms with E-state index in [1.165, 1.54) is 11.1 Å². The first-order valence-corrected chi connectivity index (χ1v) is 9.15. The lowest BCUT2D eigenvalue weighted by molar-refractivity contribution is 0.0766. The van der Waals surface area contributed by atoms with Gasteiger partial charge in [0.15, 0.2) is 0 Å². The van der Waals surface area contributed by atoms with Crippen LogP contribution in [0.3, 0.4) is 0 Å². The lowest BCUT2D eigenvalue weighted by Crippen LogP contribution is -2.23. The average Bonchev–Trinajstić information content (AvgIpc) is 3.19. The van der Waals surface area contributed by atoms with Crippen molar-refractivity contribution in [3.8, 4) is 11.1 Å². The van der Waals surface area contributed by atoms with Crippen LogP contribution in [0.15, 0.2) is 60.9 Å². The predicted molar refractivity (Wildman–Crippen MR) is 109 cm³/mol. The van der Waals surface area contributed by atoms with Crippen molar-refractivity contribution in [2.24, 2.45) is 7.05 Å². The standard InChI is InChI=1S/C23H20N4O/c1-15-10-16(17-7-8-21-19(11-17)12-26(2)25-21)5-6-18(15)13-27-14-22-20(23(27)28)4-3-9-24-22/h3-12H,13-14H2,1-2H3/i14D2. The Labute approximate surface area is 166 Å². The van der Waals surface area contributed by atoms with Crippen LogP contribution >= 0.6 is 0 Å². The van der Waals surface area contributed by atoms with Crippen molar-refractivity contribution in [1.82, 2.24) is 19.7 Å². The third-order valence-electron chi connectivity index (χ3n) is 5.15. The molecule has 0 N–H and O–H groups in total. The molecular formula is C23H20N4O. The molecule has 5 nitrogen and oxygen atoms in total. The minimum atomic E-state index is -1.93. The molecule has 0 saturated heterocycles. The minimum absolute atomic E-state index is 0.189. The van der Waals surface area contributed by atoms with E-state index in [0.717, 1.165) is 33.2 Å². The van der Waals surface area contributed by atoms with Crippen molar-refractivity contribution in [1.29, 1.82) is 0 Å². The van der Waals surface area contributed by atoms with Gasteiger partial charge in [0.2, 0.25) is 0 Å². The van der Waals surface area contributed by atoms with Gasteiger partial charge in [0, 0.05) is 31.4 Å². The van der Waals surface area contributed by atoms with E-state index in [0.29, 0.717) is 5.56 Å². The summed E-state index contributed by atoms with van der Waals surface area (Å²) < 4.78 is 18.7. The molecule has 3 heterocycles. The molecule has 5 rings (SSSR count). The van der Waals surface area contributed by atoms with Crippen molar-refractivity contribution in [3.63, 3.8) is 0 Å². The molecule has 0 saturated carbocycles. The number of aryl methyl sites for hydroxylation is 2. The molecule has 0 aliphatic carbocycles. The Hall–Kier alpha value is -3.47. The first-order chi connectivity index (χ1) is 14.3. The number of carbonyl (C=O) groups is 1. The zero-order chi connectivity index (χ0) is 21.0. The van der Waals surface area contributed by atoms with Gasteiger partial charge in [-0.3, -0.25) is 14.5 Å². The molecule has 0 fully saturated rings. The van der Waals surface area contributed by atoms with E-state index in [1.807, 2.05) is 38.4 Å². The number of hydrogen-bond acceptors (Lipinski definition) is 3. The SMILES string of the molecule is [2H]C1([2H])c2ncccc2C(=O)N1Cc1ccc(-c2ccc3nn(C)cc3c2)cc1C. The van der Waals surface area contributed by atoms with E-state index in [4.69, 9.17) is 2.74 Å². The van der Waals surface area contributed by atoms with Crippen LogP contribution < -0.4 is 0 Å². The summed E-state index contributed by atoms with van der Waals surface area (Å²) in [6.07, 6.45) is 3.51. The molecule has 2 aromatic carbocycles. The van der Waals surface area contributed by atoms with E-state index >= 15 is 0 Å². The number of amides is 1. The first-order valence-electron chi connectivity index (χ1n) is 10.2. The molecule has 138 valence electrons. The predicted octanol–water partition coefficient (Wildman–Crippen LogP) is 4.10.